The van der Waals surface area contributed by atoms with Crippen LogP contribution in [0.15, 0.2) is 36.5 Å². The van der Waals surface area contributed by atoms with Gasteiger partial charge in [-0.1, -0.05) is 0 Å². The van der Waals surface area contributed by atoms with Crippen LogP contribution in [-0.2, 0) is 19.4 Å². The molecule has 5 nitrogen and oxygen atoms in total. The van der Waals surface area contributed by atoms with Gasteiger partial charge in [0, 0.05) is 42.4 Å². The molecule has 0 aliphatic carbocycles. The zero-order valence-corrected chi connectivity index (χ0v) is 21.4. The largest absolute Gasteiger partial charge is 0.497 e. The second kappa shape index (κ2) is 12.2. The van der Waals surface area contributed by atoms with Crippen molar-refractivity contribution >= 4 is 10.9 Å². The van der Waals surface area contributed by atoms with Gasteiger partial charge in [-0.3, -0.25) is 4.98 Å². The summed E-state index contributed by atoms with van der Waals surface area (Å²) in [6.45, 7) is 2.93. The number of hydrogen-bond acceptors (Lipinski definition) is 5. The number of nitrogens with two attached hydrogens (primary N) is 1. The van der Waals surface area contributed by atoms with Gasteiger partial charge < -0.3 is 20.5 Å². The molecule has 4 rings (SSSR count). The van der Waals surface area contributed by atoms with Crippen LogP contribution in [0.2, 0.25) is 0 Å². The third-order valence-corrected chi connectivity index (χ3v) is 7.89. The molecule has 3 N–H and O–H groups in total. The molecule has 1 aliphatic rings. The van der Waals surface area contributed by atoms with Crippen LogP contribution in [0, 0.1) is 22.9 Å². The Morgan fingerprint density at radius 3 is 2.38 bits per heavy atom. The SMILES string of the molecule is COc1ccc2ncc(CN)c(CCCC3(CO)CCN(CCCc4c(F)cc(F)cc4F)CC3)c2c1. The molecule has 8 heteroatoms. The topological polar surface area (TPSA) is 71.6 Å². The van der Waals surface area contributed by atoms with Gasteiger partial charge in [0.1, 0.15) is 23.2 Å². The van der Waals surface area contributed by atoms with Crippen molar-refractivity contribution in [1.29, 1.82) is 0 Å². The van der Waals surface area contributed by atoms with E-state index in [4.69, 9.17) is 10.5 Å². The molecule has 2 heterocycles. The van der Waals surface area contributed by atoms with Crippen LogP contribution < -0.4 is 10.5 Å². The molecule has 0 bridgehead atoms. The van der Waals surface area contributed by atoms with E-state index in [2.05, 4.69) is 9.88 Å². The zero-order valence-electron chi connectivity index (χ0n) is 21.4. The van der Waals surface area contributed by atoms with Gasteiger partial charge in [0.2, 0.25) is 0 Å². The van der Waals surface area contributed by atoms with Gasteiger partial charge in [-0.15, -0.1) is 0 Å². The molecule has 0 spiro atoms. The number of aliphatic hydroxyl groups excluding tert-OH is 1. The third-order valence-electron chi connectivity index (χ3n) is 7.89. The van der Waals surface area contributed by atoms with E-state index in [1.807, 2.05) is 24.4 Å². The number of piperidine rings is 1. The standard InChI is InChI=1S/C29H36F3N3O2/c1-37-22-6-7-28-25(16-22)23(20(17-33)18-34-28)4-2-8-29(19-36)9-12-35(13-10-29)11-3-5-24-26(31)14-21(30)15-27(24)32/h6-7,14-16,18,36H,2-5,8-13,17,19,33H2,1H3. The lowest BCUT2D eigenvalue weighted by Crippen LogP contribution is -2.42. The first kappa shape index (κ1) is 27.4. The Balaban J connectivity index is 1.32. The van der Waals surface area contributed by atoms with Crippen molar-refractivity contribution in [2.24, 2.45) is 11.1 Å². The first-order valence-electron chi connectivity index (χ1n) is 13.0. The number of rotatable bonds is 11. The molecule has 37 heavy (non-hydrogen) atoms. The van der Waals surface area contributed by atoms with Gasteiger partial charge in [0.25, 0.3) is 0 Å². The van der Waals surface area contributed by atoms with E-state index in [1.54, 1.807) is 7.11 Å². The highest BCUT2D eigenvalue weighted by atomic mass is 19.1. The molecule has 0 radical (unpaired) electrons. The fourth-order valence-electron chi connectivity index (χ4n) is 5.53. The zero-order chi connectivity index (χ0) is 26.4. The minimum absolute atomic E-state index is 0.0544. The summed E-state index contributed by atoms with van der Waals surface area (Å²) in [6, 6.07) is 7.35. The number of aliphatic hydroxyl groups is 1. The number of methoxy groups -OCH3 is 1. The molecule has 1 aliphatic heterocycles. The van der Waals surface area contributed by atoms with Crippen molar-refractivity contribution < 1.29 is 23.0 Å². The fourth-order valence-corrected chi connectivity index (χ4v) is 5.53. The Labute approximate surface area is 216 Å². The van der Waals surface area contributed by atoms with Crippen LogP contribution in [0.5, 0.6) is 5.75 Å². The molecule has 0 saturated carbocycles. The lowest BCUT2D eigenvalue weighted by molar-refractivity contribution is 0.0353. The van der Waals surface area contributed by atoms with Crippen molar-refractivity contribution in [3.8, 4) is 5.75 Å². The minimum atomic E-state index is -0.897. The Morgan fingerprint density at radius 1 is 1.03 bits per heavy atom. The Morgan fingerprint density at radius 2 is 1.73 bits per heavy atom. The van der Waals surface area contributed by atoms with E-state index in [9.17, 15) is 18.3 Å². The second-order valence-electron chi connectivity index (χ2n) is 10.2. The number of fused-ring (bicyclic) bond motifs is 1. The average Bonchev–Trinajstić information content (AvgIpc) is 2.90. The van der Waals surface area contributed by atoms with Crippen molar-refractivity contribution in [3.63, 3.8) is 0 Å². The van der Waals surface area contributed by atoms with Gasteiger partial charge in [-0.05, 0) is 99.3 Å². The van der Waals surface area contributed by atoms with E-state index < -0.39 is 17.5 Å². The number of aromatic nitrogens is 1. The predicted octanol–water partition coefficient (Wildman–Crippen LogP) is 5.15. The summed E-state index contributed by atoms with van der Waals surface area (Å²) in [5.74, 6) is -1.76. The molecule has 0 atom stereocenters. The van der Waals surface area contributed by atoms with Gasteiger partial charge in [0.05, 0.1) is 12.6 Å². The van der Waals surface area contributed by atoms with Gasteiger partial charge >= 0.3 is 0 Å². The summed E-state index contributed by atoms with van der Waals surface area (Å²) < 4.78 is 46.3. The maximum Gasteiger partial charge on any atom is 0.132 e. The number of nitrogens with zero attached hydrogens (tertiary/aromatic N) is 2. The van der Waals surface area contributed by atoms with E-state index in [1.165, 1.54) is 5.56 Å². The monoisotopic (exact) mass is 515 g/mol. The summed E-state index contributed by atoms with van der Waals surface area (Å²) in [7, 11) is 1.65. The molecular weight excluding hydrogens is 479 g/mol. The molecule has 1 fully saturated rings. The quantitative estimate of drug-likeness (QED) is 0.370. The predicted molar refractivity (Wildman–Crippen MR) is 139 cm³/mol. The number of ether oxygens (including phenoxy) is 1. The number of halogens is 3. The third kappa shape index (κ3) is 6.43. The van der Waals surface area contributed by atoms with E-state index in [0.717, 1.165) is 79.5 Å². The Bertz CT molecular complexity index is 1180. The van der Waals surface area contributed by atoms with Crippen LogP contribution in [0.25, 0.3) is 10.9 Å². The van der Waals surface area contributed by atoms with Crippen molar-refractivity contribution in [2.75, 3.05) is 33.4 Å². The number of likely N-dealkylation sites (tertiary alicyclic amines) is 1. The van der Waals surface area contributed by atoms with Gasteiger partial charge in [0.15, 0.2) is 0 Å². The van der Waals surface area contributed by atoms with Gasteiger partial charge in [-0.25, -0.2) is 13.2 Å². The summed E-state index contributed by atoms with van der Waals surface area (Å²) in [5.41, 5.74) is 8.97. The average molecular weight is 516 g/mol. The molecule has 0 unspecified atom stereocenters. The molecule has 1 saturated heterocycles. The maximum atomic E-state index is 13.9. The summed E-state index contributed by atoms with van der Waals surface area (Å²) in [5, 5.41) is 11.4. The van der Waals surface area contributed by atoms with Crippen molar-refractivity contribution in [1.82, 2.24) is 9.88 Å². The Hall–Kier alpha value is -2.68. The lowest BCUT2D eigenvalue weighted by atomic mass is 9.74. The summed E-state index contributed by atoms with van der Waals surface area (Å²) in [6.07, 6.45) is 7.09. The molecule has 200 valence electrons. The van der Waals surface area contributed by atoms with Crippen LogP contribution in [0.1, 0.15) is 48.8 Å². The van der Waals surface area contributed by atoms with E-state index in [-0.39, 0.29) is 24.0 Å². The number of hydrogen-bond donors (Lipinski definition) is 2. The number of pyridine rings is 1. The van der Waals surface area contributed by atoms with Crippen LogP contribution in [-0.4, -0.2) is 48.3 Å². The molecule has 1 aromatic heterocycles. The van der Waals surface area contributed by atoms with Crippen LogP contribution in [0.3, 0.4) is 0 Å². The highest BCUT2D eigenvalue weighted by Gasteiger charge is 2.33. The fraction of sp³-hybridized carbons (Fsp3) is 0.483. The van der Waals surface area contributed by atoms with Crippen molar-refractivity contribution in [2.45, 2.75) is 51.5 Å². The van der Waals surface area contributed by atoms with Gasteiger partial charge in [-0.2, -0.15) is 0 Å². The summed E-state index contributed by atoms with van der Waals surface area (Å²) in [4.78, 5) is 6.82. The first-order chi connectivity index (χ1) is 17.9. The van der Waals surface area contributed by atoms with Crippen LogP contribution in [0.4, 0.5) is 13.2 Å². The second-order valence-corrected chi connectivity index (χ2v) is 10.2. The normalized spacial score (nSPS) is 15.8. The number of benzene rings is 2. The van der Waals surface area contributed by atoms with Crippen molar-refractivity contribution in [3.05, 3.63) is 70.7 Å². The molecule has 3 aromatic rings. The highest BCUT2D eigenvalue weighted by molar-refractivity contribution is 5.84. The lowest BCUT2D eigenvalue weighted by Gasteiger charge is -2.41. The van der Waals surface area contributed by atoms with E-state index >= 15 is 0 Å². The molecular formula is C29H36F3N3O2. The summed E-state index contributed by atoms with van der Waals surface area (Å²) >= 11 is 0. The minimum Gasteiger partial charge on any atom is -0.497 e. The Kier molecular flexibility index (Phi) is 9.05. The molecule has 0 amide bonds. The maximum absolute atomic E-state index is 13.9. The smallest absolute Gasteiger partial charge is 0.132 e. The van der Waals surface area contributed by atoms with E-state index in [0.29, 0.717) is 19.5 Å². The molecule has 2 aromatic carbocycles. The van der Waals surface area contributed by atoms with Crippen LogP contribution >= 0.6 is 0 Å². The first-order valence-corrected chi connectivity index (χ1v) is 13.0. The highest BCUT2D eigenvalue weighted by Crippen LogP contribution is 2.37. The number of aryl methyl sites for hydroxylation is 1.